The van der Waals surface area contributed by atoms with Crippen LogP contribution in [-0.4, -0.2) is 52.3 Å². The number of nitrogens with zero attached hydrogens (tertiary/aromatic N) is 2. The molecule has 1 aromatic rings. The van der Waals surface area contributed by atoms with E-state index in [0.717, 1.165) is 5.56 Å². The number of benzene rings is 1. The third-order valence-corrected chi connectivity index (χ3v) is 3.28. The first kappa shape index (κ1) is 17.8. The van der Waals surface area contributed by atoms with E-state index in [2.05, 4.69) is 21.8 Å². The van der Waals surface area contributed by atoms with E-state index >= 15 is 0 Å². The maximum absolute atomic E-state index is 5.82. The van der Waals surface area contributed by atoms with Gasteiger partial charge in [0.15, 0.2) is 17.5 Å². The van der Waals surface area contributed by atoms with Crippen molar-refractivity contribution in [3.63, 3.8) is 0 Å². The lowest BCUT2D eigenvalue weighted by Gasteiger charge is -2.24. The van der Waals surface area contributed by atoms with Crippen molar-refractivity contribution >= 4 is 5.96 Å². The summed E-state index contributed by atoms with van der Waals surface area (Å²) in [5, 5.41) is 2.97. The maximum atomic E-state index is 5.82. The summed E-state index contributed by atoms with van der Waals surface area (Å²) in [6.07, 6.45) is 1.74. The van der Waals surface area contributed by atoms with E-state index in [4.69, 9.17) is 15.2 Å². The molecule has 0 fully saturated rings. The van der Waals surface area contributed by atoms with Crippen LogP contribution < -0.4 is 20.5 Å². The van der Waals surface area contributed by atoms with Crippen LogP contribution in [0.4, 0.5) is 0 Å². The standard InChI is InChI=1S/C16H26N4O2/c1-6-9-18-16(17)19-11-13(20(2)3)12-7-8-14(21-4)15(10-12)22-5/h6-8,10,13H,1,9,11H2,2-5H3,(H3,17,18,19). The van der Waals surface area contributed by atoms with Crippen LogP contribution >= 0.6 is 0 Å². The fourth-order valence-electron chi connectivity index (χ4n) is 2.04. The summed E-state index contributed by atoms with van der Waals surface area (Å²) in [6.45, 7) is 4.77. The van der Waals surface area contributed by atoms with Crippen molar-refractivity contribution in [2.45, 2.75) is 6.04 Å². The van der Waals surface area contributed by atoms with E-state index in [1.807, 2.05) is 32.3 Å². The zero-order valence-electron chi connectivity index (χ0n) is 13.8. The van der Waals surface area contributed by atoms with E-state index in [0.29, 0.717) is 30.5 Å². The molecule has 0 spiro atoms. The molecule has 0 aliphatic rings. The second kappa shape index (κ2) is 8.94. The van der Waals surface area contributed by atoms with Crippen molar-refractivity contribution < 1.29 is 9.47 Å². The molecular weight excluding hydrogens is 280 g/mol. The third-order valence-electron chi connectivity index (χ3n) is 3.28. The van der Waals surface area contributed by atoms with Crippen LogP contribution in [0.1, 0.15) is 11.6 Å². The minimum Gasteiger partial charge on any atom is -0.493 e. The lowest BCUT2D eigenvalue weighted by Crippen LogP contribution is -2.33. The van der Waals surface area contributed by atoms with Crippen LogP contribution in [0.15, 0.2) is 35.8 Å². The predicted octanol–water partition coefficient (Wildman–Crippen LogP) is 1.40. The first-order valence-electron chi connectivity index (χ1n) is 7.06. The summed E-state index contributed by atoms with van der Waals surface area (Å²) < 4.78 is 10.6. The molecule has 1 rings (SSSR count). The number of nitrogens with two attached hydrogens (primary N) is 1. The van der Waals surface area contributed by atoms with E-state index in [-0.39, 0.29) is 6.04 Å². The van der Waals surface area contributed by atoms with Crippen molar-refractivity contribution in [1.82, 2.24) is 10.2 Å². The fraction of sp³-hybridized carbons (Fsp3) is 0.438. The number of hydrogen-bond donors (Lipinski definition) is 2. The molecule has 0 aliphatic carbocycles. The van der Waals surface area contributed by atoms with Gasteiger partial charge >= 0.3 is 0 Å². The molecule has 0 amide bonds. The fourth-order valence-corrected chi connectivity index (χ4v) is 2.04. The maximum Gasteiger partial charge on any atom is 0.188 e. The van der Waals surface area contributed by atoms with Crippen LogP contribution in [0.5, 0.6) is 11.5 Å². The van der Waals surface area contributed by atoms with E-state index in [9.17, 15) is 0 Å². The van der Waals surface area contributed by atoms with Crippen LogP contribution in [0.3, 0.4) is 0 Å². The molecule has 22 heavy (non-hydrogen) atoms. The van der Waals surface area contributed by atoms with E-state index in [1.54, 1.807) is 20.3 Å². The van der Waals surface area contributed by atoms with Gasteiger partial charge in [-0.2, -0.15) is 0 Å². The number of guanidine groups is 1. The van der Waals surface area contributed by atoms with Gasteiger partial charge in [-0.1, -0.05) is 12.1 Å². The highest BCUT2D eigenvalue weighted by Crippen LogP contribution is 2.31. The highest BCUT2D eigenvalue weighted by Gasteiger charge is 2.16. The molecule has 0 aromatic heterocycles. The molecule has 6 heteroatoms. The second-order valence-corrected chi connectivity index (χ2v) is 4.99. The smallest absolute Gasteiger partial charge is 0.188 e. The third kappa shape index (κ3) is 4.96. The van der Waals surface area contributed by atoms with Crippen molar-refractivity contribution in [2.24, 2.45) is 10.7 Å². The Morgan fingerprint density at radius 3 is 2.59 bits per heavy atom. The predicted molar refractivity (Wildman–Crippen MR) is 90.7 cm³/mol. The Hall–Kier alpha value is -2.21. The zero-order valence-corrected chi connectivity index (χ0v) is 13.8. The number of likely N-dealkylation sites (N-methyl/N-ethyl adjacent to an activating group) is 1. The number of rotatable bonds is 8. The summed E-state index contributed by atoms with van der Waals surface area (Å²) in [4.78, 5) is 6.47. The molecule has 1 unspecified atom stereocenters. The molecule has 0 radical (unpaired) electrons. The first-order chi connectivity index (χ1) is 10.5. The van der Waals surface area contributed by atoms with Crippen molar-refractivity contribution in [1.29, 1.82) is 0 Å². The summed E-state index contributed by atoms with van der Waals surface area (Å²) in [5.41, 5.74) is 6.90. The summed E-state index contributed by atoms with van der Waals surface area (Å²) >= 11 is 0. The van der Waals surface area contributed by atoms with Gasteiger partial charge in [-0.15, -0.1) is 6.58 Å². The largest absolute Gasteiger partial charge is 0.493 e. The Labute approximate surface area is 132 Å². The first-order valence-corrected chi connectivity index (χ1v) is 7.06. The molecule has 6 nitrogen and oxygen atoms in total. The van der Waals surface area contributed by atoms with Crippen molar-refractivity contribution in [2.75, 3.05) is 41.4 Å². The van der Waals surface area contributed by atoms with Gasteiger partial charge in [0.05, 0.1) is 26.8 Å². The van der Waals surface area contributed by atoms with E-state index < -0.39 is 0 Å². The molecule has 0 heterocycles. The van der Waals surface area contributed by atoms with E-state index in [1.165, 1.54) is 0 Å². The van der Waals surface area contributed by atoms with Gasteiger partial charge < -0.3 is 25.4 Å². The Morgan fingerprint density at radius 2 is 2.05 bits per heavy atom. The Morgan fingerprint density at radius 1 is 1.36 bits per heavy atom. The van der Waals surface area contributed by atoms with Crippen LogP contribution in [-0.2, 0) is 0 Å². The zero-order chi connectivity index (χ0) is 16.5. The number of aliphatic imine (C=N–C) groups is 1. The Balaban J connectivity index is 2.93. The average Bonchev–Trinajstić information content (AvgIpc) is 2.52. The number of ether oxygens (including phenoxy) is 2. The highest BCUT2D eigenvalue weighted by molar-refractivity contribution is 5.77. The summed E-state index contributed by atoms with van der Waals surface area (Å²) in [7, 11) is 7.26. The van der Waals surface area contributed by atoms with Gasteiger partial charge in [0.1, 0.15) is 0 Å². The van der Waals surface area contributed by atoms with Gasteiger partial charge in [0, 0.05) is 6.54 Å². The molecule has 1 aromatic carbocycles. The average molecular weight is 306 g/mol. The minimum absolute atomic E-state index is 0.0869. The molecular formula is C16H26N4O2. The number of nitrogens with one attached hydrogen (secondary N) is 1. The number of methoxy groups -OCH3 is 2. The SMILES string of the molecule is C=CCNC(N)=NCC(c1ccc(OC)c(OC)c1)N(C)C. The van der Waals surface area contributed by atoms with Crippen LogP contribution in [0.25, 0.3) is 0 Å². The van der Waals surface area contributed by atoms with Gasteiger partial charge in [-0.05, 0) is 31.8 Å². The van der Waals surface area contributed by atoms with Gasteiger partial charge in [0.2, 0.25) is 0 Å². The lowest BCUT2D eigenvalue weighted by atomic mass is 10.1. The van der Waals surface area contributed by atoms with Crippen molar-refractivity contribution in [3.05, 3.63) is 36.4 Å². The Bertz CT molecular complexity index is 515. The molecule has 1 atom stereocenters. The second-order valence-electron chi connectivity index (χ2n) is 4.99. The normalized spacial score (nSPS) is 12.9. The molecule has 0 saturated heterocycles. The molecule has 0 saturated carbocycles. The van der Waals surface area contributed by atoms with Crippen LogP contribution in [0, 0.1) is 0 Å². The molecule has 0 aliphatic heterocycles. The highest BCUT2D eigenvalue weighted by atomic mass is 16.5. The number of hydrogen-bond acceptors (Lipinski definition) is 4. The van der Waals surface area contributed by atoms with Gasteiger partial charge in [-0.3, -0.25) is 4.99 Å². The topological polar surface area (TPSA) is 72.1 Å². The van der Waals surface area contributed by atoms with Gasteiger partial charge in [0.25, 0.3) is 0 Å². The summed E-state index contributed by atoms with van der Waals surface area (Å²) in [6, 6.07) is 5.96. The monoisotopic (exact) mass is 306 g/mol. The molecule has 122 valence electrons. The molecule has 3 N–H and O–H groups in total. The van der Waals surface area contributed by atoms with Gasteiger partial charge in [-0.25, -0.2) is 0 Å². The van der Waals surface area contributed by atoms with Crippen LogP contribution in [0.2, 0.25) is 0 Å². The lowest BCUT2D eigenvalue weighted by molar-refractivity contribution is 0.303. The molecule has 0 bridgehead atoms. The van der Waals surface area contributed by atoms with Crippen molar-refractivity contribution in [3.8, 4) is 11.5 Å². The quantitative estimate of drug-likeness (QED) is 0.431. The minimum atomic E-state index is 0.0869. The Kier molecular flexibility index (Phi) is 7.25. The summed E-state index contributed by atoms with van der Waals surface area (Å²) in [5.74, 6) is 1.82.